The van der Waals surface area contributed by atoms with Gasteiger partial charge in [0, 0.05) is 12.7 Å². The molecule has 0 atom stereocenters. The van der Waals surface area contributed by atoms with Crippen LogP contribution in [0.15, 0.2) is 30.6 Å². The van der Waals surface area contributed by atoms with Crippen molar-refractivity contribution in [3.63, 3.8) is 0 Å². The normalized spacial score (nSPS) is 10.1. The Balaban J connectivity index is 2.03. The maximum atomic E-state index is 12.1. The number of nitrogens with zero attached hydrogens (tertiary/aromatic N) is 3. The number of carboxylic acid groups (broad SMARTS) is 1. The highest BCUT2D eigenvalue weighted by atomic mass is 16.4. The molecule has 8 nitrogen and oxygen atoms in total. The lowest BCUT2D eigenvalue weighted by Gasteiger charge is -2.17. The average Bonchev–Trinajstić information content (AvgIpc) is 2.93. The van der Waals surface area contributed by atoms with Crippen LogP contribution in [0, 0.1) is 0 Å². The summed E-state index contributed by atoms with van der Waals surface area (Å²) in [6.45, 7) is 0.271. The second kappa shape index (κ2) is 6.51. The minimum absolute atomic E-state index is 0.151. The Morgan fingerprint density at radius 1 is 1.38 bits per heavy atom. The zero-order valence-corrected chi connectivity index (χ0v) is 11.4. The molecule has 0 aliphatic heterocycles. The average molecular weight is 289 g/mol. The molecule has 3 N–H and O–H groups in total. The van der Waals surface area contributed by atoms with E-state index in [0.717, 1.165) is 0 Å². The van der Waals surface area contributed by atoms with Crippen LogP contribution in [0.3, 0.4) is 0 Å². The molecule has 8 heteroatoms. The summed E-state index contributed by atoms with van der Waals surface area (Å²) in [6.07, 6.45) is 1.21. The molecule has 1 aromatic carbocycles. The Bertz CT molecular complexity index is 626. The summed E-state index contributed by atoms with van der Waals surface area (Å²) in [6, 6.07) is 6.44. The SMILES string of the molecule is CN(Cc1ncn[nH]1)C(=O)Nc1ccccc1CC(=O)O. The van der Waals surface area contributed by atoms with E-state index < -0.39 is 5.97 Å². The fourth-order valence-corrected chi connectivity index (χ4v) is 1.77. The van der Waals surface area contributed by atoms with Gasteiger partial charge in [-0.15, -0.1) is 0 Å². The second-order valence-corrected chi connectivity index (χ2v) is 4.45. The van der Waals surface area contributed by atoms with Gasteiger partial charge >= 0.3 is 12.0 Å². The van der Waals surface area contributed by atoms with Crippen LogP contribution in [0.5, 0.6) is 0 Å². The Morgan fingerprint density at radius 2 is 2.14 bits per heavy atom. The number of benzene rings is 1. The molecule has 2 aromatic rings. The maximum Gasteiger partial charge on any atom is 0.321 e. The second-order valence-electron chi connectivity index (χ2n) is 4.45. The van der Waals surface area contributed by atoms with E-state index in [1.54, 1.807) is 31.3 Å². The van der Waals surface area contributed by atoms with Crippen LogP contribution in [0.1, 0.15) is 11.4 Å². The topological polar surface area (TPSA) is 111 Å². The van der Waals surface area contributed by atoms with E-state index >= 15 is 0 Å². The van der Waals surface area contributed by atoms with E-state index in [1.165, 1.54) is 11.2 Å². The van der Waals surface area contributed by atoms with Gasteiger partial charge in [0.15, 0.2) is 0 Å². The molecule has 0 aliphatic rings. The van der Waals surface area contributed by atoms with Crippen molar-refractivity contribution < 1.29 is 14.7 Å². The van der Waals surface area contributed by atoms with Crippen LogP contribution < -0.4 is 5.32 Å². The molecule has 21 heavy (non-hydrogen) atoms. The Kier molecular flexibility index (Phi) is 4.50. The quantitative estimate of drug-likeness (QED) is 0.763. The zero-order valence-electron chi connectivity index (χ0n) is 11.4. The van der Waals surface area contributed by atoms with Crippen molar-refractivity contribution in [3.05, 3.63) is 42.0 Å². The highest BCUT2D eigenvalue weighted by Crippen LogP contribution is 2.16. The molecule has 0 saturated heterocycles. The summed E-state index contributed by atoms with van der Waals surface area (Å²) in [5.41, 5.74) is 1.03. The van der Waals surface area contributed by atoms with Gasteiger partial charge < -0.3 is 15.3 Å². The fourth-order valence-electron chi connectivity index (χ4n) is 1.77. The molecule has 0 aliphatic carbocycles. The number of hydrogen-bond donors (Lipinski definition) is 3. The Labute approximate surface area is 120 Å². The molecule has 110 valence electrons. The van der Waals surface area contributed by atoms with E-state index in [9.17, 15) is 9.59 Å². The zero-order chi connectivity index (χ0) is 15.2. The minimum atomic E-state index is -0.952. The van der Waals surface area contributed by atoms with Gasteiger partial charge in [0.25, 0.3) is 0 Å². The first-order chi connectivity index (χ1) is 10.1. The number of H-pyrrole nitrogens is 1. The summed E-state index contributed by atoms with van der Waals surface area (Å²) in [4.78, 5) is 28.2. The number of aliphatic carboxylic acids is 1. The van der Waals surface area contributed by atoms with Crippen LogP contribution in [-0.4, -0.2) is 44.2 Å². The van der Waals surface area contributed by atoms with Crippen LogP contribution in [0.25, 0.3) is 0 Å². The number of urea groups is 1. The van der Waals surface area contributed by atoms with E-state index in [0.29, 0.717) is 17.1 Å². The third-order valence-electron chi connectivity index (χ3n) is 2.80. The van der Waals surface area contributed by atoms with Crippen molar-refractivity contribution in [1.82, 2.24) is 20.1 Å². The van der Waals surface area contributed by atoms with Gasteiger partial charge in [-0.05, 0) is 11.6 Å². The number of carboxylic acids is 1. The number of aromatic amines is 1. The molecule has 1 aromatic heterocycles. The lowest BCUT2D eigenvalue weighted by Crippen LogP contribution is -2.31. The first-order valence-corrected chi connectivity index (χ1v) is 6.22. The maximum absolute atomic E-state index is 12.1. The monoisotopic (exact) mass is 289 g/mol. The van der Waals surface area contributed by atoms with Crippen molar-refractivity contribution in [2.24, 2.45) is 0 Å². The highest BCUT2D eigenvalue weighted by molar-refractivity contribution is 5.90. The molecular weight excluding hydrogens is 274 g/mol. The molecular formula is C13H15N5O3. The minimum Gasteiger partial charge on any atom is -0.481 e. The summed E-state index contributed by atoms with van der Waals surface area (Å²) in [5.74, 6) is -0.391. The van der Waals surface area contributed by atoms with E-state index in [-0.39, 0.29) is 19.0 Å². The first-order valence-electron chi connectivity index (χ1n) is 6.22. The highest BCUT2D eigenvalue weighted by Gasteiger charge is 2.13. The predicted molar refractivity (Wildman–Crippen MR) is 74.7 cm³/mol. The number of anilines is 1. The number of nitrogens with one attached hydrogen (secondary N) is 2. The van der Waals surface area contributed by atoms with Gasteiger partial charge in [-0.1, -0.05) is 18.2 Å². The number of aromatic nitrogens is 3. The molecule has 2 amide bonds. The van der Waals surface area contributed by atoms with Crippen LogP contribution in [0.2, 0.25) is 0 Å². The lowest BCUT2D eigenvalue weighted by molar-refractivity contribution is -0.136. The molecule has 2 rings (SSSR count). The van der Waals surface area contributed by atoms with Gasteiger partial charge in [-0.2, -0.15) is 5.10 Å². The number of hydrogen-bond acceptors (Lipinski definition) is 4. The summed E-state index contributed by atoms with van der Waals surface area (Å²) < 4.78 is 0. The van der Waals surface area contributed by atoms with Crippen molar-refractivity contribution >= 4 is 17.7 Å². The van der Waals surface area contributed by atoms with Gasteiger partial charge in [0.2, 0.25) is 0 Å². The molecule has 0 saturated carbocycles. The largest absolute Gasteiger partial charge is 0.481 e. The van der Waals surface area contributed by atoms with Crippen LogP contribution >= 0.6 is 0 Å². The lowest BCUT2D eigenvalue weighted by atomic mass is 10.1. The number of amides is 2. The van der Waals surface area contributed by atoms with Crippen molar-refractivity contribution in [1.29, 1.82) is 0 Å². The van der Waals surface area contributed by atoms with Crippen molar-refractivity contribution in [2.45, 2.75) is 13.0 Å². The molecule has 0 spiro atoms. The predicted octanol–water partition coefficient (Wildman–Crippen LogP) is 1.10. The van der Waals surface area contributed by atoms with E-state index in [1.807, 2.05) is 0 Å². The number of para-hydroxylation sites is 1. The smallest absolute Gasteiger partial charge is 0.321 e. The Morgan fingerprint density at radius 3 is 2.81 bits per heavy atom. The third kappa shape index (κ3) is 4.03. The van der Waals surface area contributed by atoms with Crippen molar-refractivity contribution in [2.75, 3.05) is 12.4 Å². The summed E-state index contributed by atoms with van der Waals surface area (Å²) >= 11 is 0. The fraction of sp³-hybridized carbons (Fsp3) is 0.231. The third-order valence-corrected chi connectivity index (χ3v) is 2.80. The van der Waals surface area contributed by atoms with E-state index in [4.69, 9.17) is 5.11 Å². The first kappa shape index (κ1) is 14.5. The van der Waals surface area contributed by atoms with Gasteiger partial charge in [0.05, 0.1) is 13.0 Å². The number of carbonyl (C=O) groups is 2. The molecule has 0 unspecified atom stereocenters. The van der Waals surface area contributed by atoms with Crippen LogP contribution in [-0.2, 0) is 17.8 Å². The Hall–Kier alpha value is -2.90. The number of carbonyl (C=O) groups excluding carboxylic acids is 1. The summed E-state index contributed by atoms with van der Waals surface area (Å²) in [5, 5.41) is 17.9. The van der Waals surface area contributed by atoms with Gasteiger partial charge in [-0.3, -0.25) is 9.89 Å². The van der Waals surface area contributed by atoms with E-state index in [2.05, 4.69) is 20.5 Å². The van der Waals surface area contributed by atoms with Crippen molar-refractivity contribution in [3.8, 4) is 0 Å². The molecule has 0 radical (unpaired) electrons. The van der Waals surface area contributed by atoms with Gasteiger partial charge in [-0.25, -0.2) is 9.78 Å². The number of rotatable bonds is 5. The molecule has 1 heterocycles. The standard InChI is InChI=1S/C13H15N5O3/c1-18(7-11-14-8-15-17-11)13(21)16-10-5-3-2-4-9(10)6-12(19)20/h2-5,8H,6-7H2,1H3,(H,16,21)(H,19,20)(H,14,15,17). The summed E-state index contributed by atoms with van der Waals surface area (Å²) in [7, 11) is 1.61. The molecule has 0 bridgehead atoms. The van der Waals surface area contributed by atoms with Crippen LogP contribution in [0.4, 0.5) is 10.5 Å². The van der Waals surface area contributed by atoms with Gasteiger partial charge in [0.1, 0.15) is 12.2 Å². The molecule has 0 fully saturated rings.